The Hall–Kier alpha value is -1.39. The Labute approximate surface area is 217 Å². The molecule has 5 rings (SSSR count). The van der Waals surface area contributed by atoms with Crippen molar-refractivity contribution < 1.29 is 24.2 Å². The fourth-order valence-electron chi connectivity index (χ4n) is 11.8. The van der Waals surface area contributed by atoms with E-state index in [4.69, 9.17) is 4.74 Å². The van der Waals surface area contributed by atoms with E-state index in [1.807, 2.05) is 0 Å². The summed E-state index contributed by atoms with van der Waals surface area (Å²) in [6, 6.07) is 0. The van der Waals surface area contributed by atoms with Crippen LogP contribution < -0.4 is 0 Å². The van der Waals surface area contributed by atoms with Crippen LogP contribution in [0.3, 0.4) is 0 Å². The molecule has 5 aliphatic rings. The Balaban J connectivity index is 1.52. The molecular weight excluding hydrogens is 452 g/mol. The van der Waals surface area contributed by atoms with E-state index in [1.165, 1.54) is 6.92 Å². The van der Waals surface area contributed by atoms with Crippen LogP contribution in [0.25, 0.3) is 0 Å². The Kier molecular flexibility index (Phi) is 5.87. The van der Waals surface area contributed by atoms with Crippen molar-refractivity contribution in [1.29, 1.82) is 0 Å². The highest BCUT2D eigenvalue weighted by Crippen LogP contribution is 2.77. The lowest BCUT2D eigenvalue weighted by Gasteiger charge is -2.72. The number of carbonyl (C=O) groups excluding carboxylic acids is 2. The van der Waals surface area contributed by atoms with Crippen LogP contribution in [0.15, 0.2) is 0 Å². The number of carbonyl (C=O) groups is 3. The van der Waals surface area contributed by atoms with Crippen LogP contribution in [0.5, 0.6) is 0 Å². The number of hydrogen-bond donors (Lipinski definition) is 1. The zero-order valence-corrected chi connectivity index (χ0v) is 23.6. The van der Waals surface area contributed by atoms with Crippen LogP contribution >= 0.6 is 0 Å². The van der Waals surface area contributed by atoms with Crippen LogP contribution in [-0.2, 0) is 19.1 Å². The third-order valence-corrected chi connectivity index (χ3v) is 13.6. The lowest BCUT2D eigenvalue weighted by molar-refractivity contribution is -0.250. The normalized spacial score (nSPS) is 51.2. The van der Waals surface area contributed by atoms with Crippen molar-refractivity contribution in [3.8, 4) is 0 Å². The maximum atomic E-state index is 12.8. The SMILES string of the molecule is CC(=O)O[C@H]1CC[C@@]2(C)C(CC[C@]3(C)C2CCC2C4C(C(C)=O)CC[C@]4(C(=O)O)CC[C@]23C)C1(C)C. The second-order valence-electron chi connectivity index (χ2n) is 14.9. The van der Waals surface area contributed by atoms with Gasteiger partial charge in [0.25, 0.3) is 0 Å². The van der Waals surface area contributed by atoms with E-state index in [1.54, 1.807) is 6.92 Å². The summed E-state index contributed by atoms with van der Waals surface area (Å²) in [5.41, 5.74) is -0.427. The number of aliphatic carboxylic acids is 1. The van der Waals surface area contributed by atoms with Crippen LogP contribution in [0.4, 0.5) is 0 Å². The molecule has 0 aromatic carbocycles. The Morgan fingerprint density at radius 1 is 0.750 bits per heavy atom. The summed E-state index contributed by atoms with van der Waals surface area (Å²) in [6.07, 6.45) is 9.47. The molecule has 5 fully saturated rings. The summed E-state index contributed by atoms with van der Waals surface area (Å²) in [5.74, 6) is 0.599. The Morgan fingerprint density at radius 2 is 1.44 bits per heavy atom. The average molecular weight is 501 g/mol. The van der Waals surface area contributed by atoms with Gasteiger partial charge in [-0.3, -0.25) is 14.4 Å². The molecule has 0 saturated heterocycles. The number of fused-ring (bicyclic) bond motifs is 7. The molecule has 10 atom stereocenters. The number of ketones is 1. The van der Waals surface area contributed by atoms with E-state index in [2.05, 4.69) is 34.6 Å². The predicted octanol–water partition coefficient (Wildman–Crippen LogP) is 6.67. The summed E-state index contributed by atoms with van der Waals surface area (Å²) in [6.45, 7) is 15.4. The van der Waals surface area contributed by atoms with Crippen molar-refractivity contribution in [2.45, 2.75) is 119 Å². The topological polar surface area (TPSA) is 80.7 Å². The Bertz CT molecular complexity index is 970. The minimum atomic E-state index is -0.713. The van der Waals surface area contributed by atoms with Crippen LogP contribution in [0, 0.1) is 56.7 Å². The lowest BCUT2D eigenvalue weighted by Crippen LogP contribution is -2.67. The highest BCUT2D eigenvalue weighted by Gasteiger charge is 2.72. The van der Waals surface area contributed by atoms with Gasteiger partial charge in [-0.2, -0.15) is 0 Å². The zero-order valence-electron chi connectivity index (χ0n) is 23.6. The standard InChI is InChI=1S/C31H48O5/c1-18(32)20-10-15-31(26(34)35)17-16-29(6)21(25(20)31)8-9-23-28(5)13-12-24(36-19(2)33)27(3,4)22(28)11-14-30(23,29)7/h20-25H,8-17H2,1-7H3,(H,34,35)/t20?,21?,22?,23?,24-,25?,28-,29+,30+,31-/m0/s1. The van der Waals surface area contributed by atoms with Crippen LogP contribution in [-0.4, -0.2) is 28.9 Å². The van der Waals surface area contributed by atoms with Crippen molar-refractivity contribution in [1.82, 2.24) is 0 Å². The molecule has 0 aromatic heterocycles. The first-order valence-electron chi connectivity index (χ1n) is 14.6. The predicted molar refractivity (Wildman–Crippen MR) is 138 cm³/mol. The first-order chi connectivity index (χ1) is 16.6. The molecule has 202 valence electrons. The monoisotopic (exact) mass is 500 g/mol. The maximum absolute atomic E-state index is 12.8. The second-order valence-corrected chi connectivity index (χ2v) is 14.9. The van der Waals surface area contributed by atoms with Crippen LogP contribution in [0.2, 0.25) is 0 Å². The summed E-state index contributed by atoms with van der Waals surface area (Å²) in [5, 5.41) is 10.5. The molecule has 0 amide bonds. The number of hydrogen-bond acceptors (Lipinski definition) is 4. The minimum Gasteiger partial charge on any atom is -0.481 e. The molecule has 0 aromatic rings. The van der Waals surface area contributed by atoms with Gasteiger partial charge in [-0.1, -0.05) is 34.6 Å². The fourth-order valence-corrected chi connectivity index (χ4v) is 11.8. The van der Waals surface area contributed by atoms with Crippen LogP contribution in [0.1, 0.15) is 113 Å². The number of esters is 1. The third-order valence-electron chi connectivity index (χ3n) is 13.6. The van der Waals surface area contributed by atoms with E-state index < -0.39 is 11.4 Å². The van der Waals surface area contributed by atoms with Gasteiger partial charge in [-0.15, -0.1) is 0 Å². The van der Waals surface area contributed by atoms with Crippen molar-refractivity contribution in [2.24, 2.45) is 56.7 Å². The molecule has 0 radical (unpaired) electrons. The average Bonchev–Trinajstić information content (AvgIpc) is 3.17. The van der Waals surface area contributed by atoms with Gasteiger partial charge in [0, 0.05) is 18.3 Å². The van der Waals surface area contributed by atoms with Gasteiger partial charge in [0.1, 0.15) is 11.9 Å². The molecule has 5 aliphatic carbocycles. The van der Waals surface area contributed by atoms with E-state index in [0.29, 0.717) is 30.6 Å². The van der Waals surface area contributed by atoms with Gasteiger partial charge in [-0.25, -0.2) is 0 Å². The summed E-state index contributed by atoms with van der Waals surface area (Å²) >= 11 is 0. The number of Topliss-reactive ketones (excluding diaryl/α,β-unsaturated/α-hetero) is 1. The van der Waals surface area contributed by atoms with Gasteiger partial charge < -0.3 is 9.84 Å². The largest absolute Gasteiger partial charge is 0.481 e. The maximum Gasteiger partial charge on any atom is 0.309 e. The molecule has 0 heterocycles. The first-order valence-corrected chi connectivity index (χ1v) is 14.6. The molecular formula is C31H48O5. The van der Waals surface area contributed by atoms with Crippen molar-refractivity contribution in [2.75, 3.05) is 0 Å². The van der Waals surface area contributed by atoms with E-state index in [0.717, 1.165) is 51.4 Å². The fraction of sp³-hybridized carbons (Fsp3) is 0.903. The first kappa shape index (κ1) is 26.2. The second kappa shape index (κ2) is 8.06. The number of carboxylic acid groups (broad SMARTS) is 1. The van der Waals surface area contributed by atoms with Gasteiger partial charge in [0.15, 0.2) is 0 Å². The molecule has 5 unspecified atom stereocenters. The van der Waals surface area contributed by atoms with E-state index in [9.17, 15) is 19.5 Å². The lowest BCUT2D eigenvalue weighted by atomic mass is 9.32. The van der Waals surface area contributed by atoms with Gasteiger partial charge in [-0.05, 0) is 111 Å². The molecule has 0 aliphatic heterocycles. The Morgan fingerprint density at radius 3 is 2.06 bits per heavy atom. The smallest absolute Gasteiger partial charge is 0.309 e. The highest BCUT2D eigenvalue weighted by atomic mass is 16.5. The highest BCUT2D eigenvalue weighted by molar-refractivity contribution is 5.83. The molecule has 36 heavy (non-hydrogen) atoms. The summed E-state index contributed by atoms with van der Waals surface area (Å²) < 4.78 is 5.86. The molecule has 1 N–H and O–H groups in total. The molecule has 0 bridgehead atoms. The summed E-state index contributed by atoms with van der Waals surface area (Å²) in [4.78, 5) is 37.4. The zero-order chi connectivity index (χ0) is 26.5. The number of ether oxygens (including phenoxy) is 1. The summed E-state index contributed by atoms with van der Waals surface area (Å²) in [7, 11) is 0. The van der Waals surface area contributed by atoms with Gasteiger partial charge >= 0.3 is 11.9 Å². The number of carboxylic acids is 1. The molecule has 0 spiro atoms. The van der Waals surface area contributed by atoms with Crippen molar-refractivity contribution in [3.63, 3.8) is 0 Å². The van der Waals surface area contributed by atoms with Gasteiger partial charge in [0.2, 0.25) is 0 Å². The molecule has 5 saturated carbocycles. The quantitative estimate of drug-likeness (QED) is 0.438. The van der Waals surface area contributed by atoms with E-state index >= 15 is 0 Å². The van der Waals surface area contributed by atoms with Crippen molar-refractivity contribution >= 4 is 17.7 Å². The van der Waals surface area contributed by atoms with Gasteiger partial charge in [0.05, 0.1) is 5.41 Å². The third kappa shape index (κ3) is 3.16. The minimum absolute atomic E-state index is 0.0225. The molecule has 5 nitrogen and oxygen atoms in total. The number of rotatable bonds is 3. The van der Waals surface area contributed by atoms with E-state index in [-0.39, 0.29) is 51.4 Å². The molecule has 5 heteroatoms. The van der Waals surface area contributed by atoms with Crippen molar-refractivity contribution in [3.05, 3.63) is 0 Å².